The fourth-order valence-corrected chi connectivity index (χ4v) is 1.63. The van der Waals surface area contributed by atoms with Gasteiger partial charge in [0.2, 0.25) is 0 Å². The predicted octanol–water partition coefficient (Wildman–Crippen LogP) is 3.14. The summed E-state index contributed by atoms with van der Waals surface area (Å²) >= 11 is 0. The molecule has 6 heteroatoms. The van der Waals surface area contributed by atoms with Gasteiger partial charge in [-0.15, -0.1) is 0 Å². The van der Waals surface area contributed by atoms with E-state index in [0.29, 0.717) is 26.1 Å². The molecule has 0 fully saturated rings. The Kier molecular flexibility index (Phi) is 7.40. The van der Waals surface area contributed by atoms with Crippen LogP contribution in [0.25, 0.3) is 0 Å². The highest BCUT2D eigenvalue weighted by Gasteiger charge is 2.27. The van der Waals surface area contributed by atoms with Crippen molar-refractivity contribution in [2.24, 2.45) is 0 Å². The van der Waals surface area contributed by atoms with Crippen molar-refractivity contribution in [1.29, 1.82) is 0 Å². The van der Waals surface area contributed by atoms with Crippen molar-refractivity contribution in [2.45, 2.75) is 26.1 Å². The molecular formula is C14H20F3NO2. The van der Waals surface area contributed by atoms with Gasteiger partial charge in [0.05, 0.1) is 6.61 Å². The third-order valence-corrected chi connectivity index (χ3v) is 2.45. The van der Waals surface area contributed by atoms with Gasteiger partial charge in [-0.2, -0.15) is 13.2 Å². The molecule has 0 spiro atoms. The molecule has 1 aromatic rings. The van der Waals surface area contributed by atoms with Crippen LogP contribution in [0.3, 0.4) is 0 Å². The summed E-state index contributed by atoms with van der Waals surface area (Å²) in [6.45, 7) is 2.73. The number of hydrogen-bond acceptors (Lipinski definition) is 3. The standard InChI is InChI=1S/C14H20F3NO2/c1-2-20-13-6-3-5-12(9-13)10-18-7-4-8-19-11-14(15,16)17/h3,5-6,9,18H,2,4,7-8,10-11H2,1H3. The maximum absolute atomic E-state index is 11.8. The molecule has 0 aromatic heterocycles. The summed E-state index contributed by atoms with van der Waals surface area (Å²) in [5, 5.41) is 3.15. The maximum atomic E-state index is 11.8. The number of nitrogens with one attached hydrogen (secondary N) is 1. The molecule has 1 aromatic carbocycles. The van der Waals surface area contributed by atoms with Gasteiger partial charge in [0, 0.05) is 13.2 Å². The second kappa shape index (κ2) is 8.81. The van der Waals surface area contributed by atoms with E-state index in [1.165, 1.54) is 0 Å². The van der Waals surface area contributed by atoms with Crippen LogP contribution in [0.2, 0.25) is 0 Å². The normalized spacial score (nSPS) is 11.6. The van der Waals surface area contributed by atoms with Crippen molar-refractivity contribution in [3.8, 4) is 5.75 Å². The number of alkyl halides is 3. The van der Waals surface area contributed by atoms with Crippen molar-refractivity contribution >= 4 is 0 Å². The predicted molar refractivity (Wildman–Crippen MR) is 70.8 cm³/mol. The summed E-state index contributed by atoms with van der Waals surface area (Å²) in [6, 6.07) is 7.71. The van der Waals surface area contributed by atoms with Gasteiger partial charge in [0.15, 0.2) is 0 Å². The van der Waals surface area contributed by atoms with Crippen LogP contribution >= 0.6 is 0 Å². The van der Waals surface area contributed by atoms with E-state index in [1.54, 1.807) is 0 Å². The Bertz CT molecular complexity index is 383. The second-order valence-corrected chi connectivity index (χ2v) is 4.28. The van der Waals surface area contributed by atoms with Gasteiger partial charge in [-0.1, -0.05) is 12.1 Å². The molecular weight excluding hydrogens is 271 g/mol. The molecule has 0 aliphatic heterocycles. The van der Waals surface area contributed by atoms with Crippen molar-refractivity contribution in [2.75, 3.05) is 26.4 Å². The SMILES string of the molecule is CCOc1cccc(CNCCCOCC(F)(F)F)c1. The molecule has 0 heterocycles. The Labute approximate surface area is 117 Å². The Balaban J connectivity index is 2.10. The van der Waals surface area contributed by atoms with Crippen molar-refractivity contribution in [3.05, 3.63) is 29.8 Å². The highest BCUT2D eigenvalue weighted by Crippen LogP contribution is 2.14. The summed E-state index contributed by atoms with van der Waals surface area (Å²) in [5.41, 5.74) is 1.08. The number of halogens is 3. The molecule has 0 atom stereocenters. The zero-order valence-electron chi connectivity index (χ0n) is 11.5. The highest BCUT2D eigenvalue weighted by atomic mass is 19.4. The van der Waals surface area contributed by atoms with Crippen LogP contribution in [-0.4, -0.2) is 32.5 Å². The third kappa shape index (κ3) is 8.01. The lowest BCUT2D eigenvalue weighted by Crippen LogP contribution is -2.20. The number of ether oxygens (including phenoxy) is 2. The molecule has 1 N–H and O–H groups in total. The van der Waals surface area contributed by atoms with Crippen LogP contribution in [0, 0.1) is 0 Å². The first kappa shape index (κ1) is 16.8. The molecule has 20 heavy (non-hydrogen) atoms. The largest absolute Gasteiger partial charge is 0.494 e. The molecule has 0 unspecified atom stereocenters. The lowest BCUT2D eigenvalue weighted by molar-refractivity contribution is -0.173. The smallest absolute Gasteiger partial charge is 0.411 e. The van der Waals surface area contributed by atoms with Crippen LogP contribution in [-0.2, 0) is 11.3 Å². The third-order valence-electron chi connectivity index (χ3n) is 2.45. The highest BCUT2D eigenvalue weighted by molar-refractivity contribution is 5.28. The number of rotatable bonds is 9. The molecule has 1 rings (SSSR count). The lowest BCUT2D eigenvalue weighted by Gasteiger charge is -2.09. The molecule has 0 aliphatic rings. The molecule has 0 aliphatic carbocycles. The minimum atomic E-state index is -4.24. The summed E-state index contributed by atoms with van der Waals surface area (Å²) in [5.74, 6) is 0.820. The van der Waals surface area contributed by atoms with Gasteiger partial charge in [-0.3, -0.25) is 0 Å². The zero-order chi connectivity index (χ0) is 14.8. The molecule has 0 saturated carbocycles. The van der Waals surface area contributed by atoms with E-state index in [-0.39, 0.29) is 6.61 Å². The van der Waals surface area contributed by atoms with E-state index in [4.69, 9.17) is 4.74 Å². The van der Waals surface area contributed by atoms with Gasteiger partial charge in [0.25, 0.3) is 0 Å². The average Bonchev–Trinajstić information content (AvgIpc) is 2.37. The van der Waals surface area contributed by atoms with Gasteiger partial charge in [-0.05, 0) is 37.6 Å². The quantitative estimate of drug-likeness (QED) is 0.709. The van der Waals surface area contributed by atoms with Crippen LogP contribution in [0.15, 0.2) is 24.3 Å². The fourth-order valence-electron chi connectivity index (χ4n) is 1.63. The summed E-state index contributed by atoms with van der Waals surface area (Å²) in [4.78, 5) is 0. The first-order valence-electron chi connectivity index (χ1n) is 6.58. The molecule has 0 bridgehead atoms. The Morgan fingerprint density at radius 2 is 2.05 bits per heavy atom. The van der Waals surface area contributed by atoms with Gasteiger partial charge < -0.3 is 14.8 Å². The van der Waals surface area contributed by atoms with E-state index in [2.05, 4.69) is 10.1 Å². The van der Waals surface area contributed by atoms with Crippen LogP contribution in [0.1, 0.15) is 18.9 Å². The van der Waals surface area contributed by atoms with Crippen molar-refractivity contribution in [3.63, 3.8) is 0 Å². The zero-order valence-corrected chi connectivity index (χ0v) is 11.5. The summed E-state index contributed by atoms with van der Waals surface area (Å²) < 4.78 is 45.3. The number of benzene rings is 1. The van der Waals surface area contributed by atoms with Gasteiger partial charge in [0.1, 0.15) is 12.4 Å². The monoisotopic (exact) mass is 291 g/mol. The Morgan fingerprint density at radius 1 is 1.25 bits per heavy atom. The summed E-state index contributed by atoms with van der Waals surface area (Å²) in [6.07, 6.45) is -3.70. The Hall–Kier alpha value is -1.27. The lowest BCUT2D eigenvalue weighted by atomic mass is 10.2. The minimum Gasteiger partial charge on any atom is -0.494 e. The topological polar surface area (TPSA) is 30.5 Å². The minimum absolute atomic E-state index is 0.103. The van der Waals surface area contributed by atoms with Crippen molar-refractivity contribution in [1.82, 2.24) is 5.32 Å². The molecule has 0 radical (unpaired) electrons. The van der Waals surface area contributed by atoms with E-state index in [1.807, 2.05) is 31.2 Å². The van der Waals surface area contributed by atoms with Crippen LogP contribution < -0.4 is 10.1 Å². The first-order chi connectivity index (χ1) is 9.51. The van der Waals surface area contributed by atoms with E-state index in [9.17, 15) is 13.2 Å². The Morgan fingerprint density at radius 3 is 2.75 bits per heavy atom. The molecule has 3 nitrogen and oxygen atoms in total. The van der Waals surface area contributed by atoms with Crippen LogP contribution in [0.4, 0.5) is 13.2 Å². The maximum Gasteiger partial charge on any atom is 0.411 e. The van der Waals surface area contributed by atoms with E-state index >= 15 is 0 Å². The fraction of sp³-hybridized carbons (Fsp3) is 0.571. The van der Waals surface area contributed by atoms with Gasteiger partial charge >= 0.3 is 6.18 Å². The first-order valence-corrected chi connectivity index (χ1v) is 6.58. The molecule has 114 valence electrons. The van der Waals surface area contributed by atoms with Crippen molar-refractivity contribution < 1.29 is 22.6 Å². The van der Waals surface area contributed by atoms with E-state index < -0.39 is 12.8 Å². The van der Waals surface area contributed by atoms with Gasteiger partial charge in [-0.25, -0.2) is 0 Å². The number of hydrogen-bond donors (Lipinski definition) is 1. The van der Waals surface area contributed by atoms with E-state index in [0.717, 1.165) is 11.3 Å². The molecule has 0 saturated heterocycles. The molecule has 0 amide bonds. The second-order valence-electron chi connectivity index (χ2n) is 4.28. The average molecular weight is 291 g/mol. The van der Waals surface area contributed by atoms with Crippen LogP contribution in [0.5, 0.6) is 5.75 Å². The summed E-state index contributed by atoms with van der Waals surface area (Å²) in [7, 11) is 0.